The molecule has 0 aliphatic heterocycles. The quantitative estimate of drug-likeness (QED) is 0.394. The van der Waals surface area contributed by atoms with E-state index in [-0.39, 0.29) is 22.4 Å². The van der Waals surface area contributed by atoms with Crippen LogP contribution >= 0.6 is 11.6 Å². The Morgan fingerprint density at radius 2 is 1.95 bits per heavy atom. The number of amidine groups is 1. The molecule has 4 nitrogen and oxygen atoms in total. The summed E-state index contributed by atoms with van der Waals surface area (Å²) in [6.45, 7) is 0. The van der Waals surface area contributed by atoms with Crippen LogP contribution in [0.5, 0.6) is 11.5 Å². The first-order valence-corrected chi connectivity index (χ1v) is 5.79. The van der Waals surface area contributed by atoms with Crippen molar-refractivity contribution >= 4 is 17.4 Å². The Balaban J connectivity index is 2.29. The van der Waals surface area contributed by atoms with Crippen molar-refractivity contribution in [2.75, 3.05) is 0 Å². The van der Waals surface area contributed by atoms with Crippen LogP contribution in [-0.4, -0.2) is 11.0 Å². The average Bonchev–Trinajstić information content (AvgIpc) is 2.41. The number of oxime groups is 1. The summed E-state index contributed by atoms with van der Waals surface area (Å²) >= 11 is 5.93. The number of nitrogens with zero attached hydrogens (tertiary/aromatic N) is 1. The molecule has 0 fully saturated rings. The molecule has 0 aromatic heterocycles. The lowest BCUT2D eigenvalue weighted by atomic mass is 10.2. The van der Waals surface area contributed by atoms with Crippen LogP contribution in [0.1, 0.15) is 5.56 Å². The van der Waals surface area contributed by atoms with Gasteiger partial charge in [-0.15, -0.1) is 0 Å². The maximum absolute atomic E-state index is 13.4. The second kappa shape index (κ2) is 5.75. The molecule has 2 aromatic rings. The summed E-state index contributed by atoms with van der Waals surface area (Å²) in [6, 6.07) is 7.23. The second-order valence-electron chi connectivity index (χ2n) is 3.80. The Hall–Kier alpha value is -2.34. The van der Waals surface area contributed by atoms with Crippen molar-refractivity contribution in [3.05, 3.63) is 58.6 Å². The van der Waals surface area contributed by atoms with E-state index in [9.17, 15) is 8.78 Å². The van der Waals surface area contributed by atoms with E-state index in [4.69, 9.17) is 27.3 Å². The minimum Gasteiger partial charge on any atom is -0.454 e. The molecule has 0 aliphatic rings. The van der Waals surface area contributed by atoms with Crippen molar-refractivity contribution < 1.29 is 18.7 Å². The molecular weight excluding hydrogens is 290 g/mol. The lowest BCUT2D eigenvalue weighted by Gasteiger charge is -2.09. The van der Waals surface area contributed by atoms with Gasteiger partial charge in [-0.1, -0.05) is 16.8 Å². The van der Waals surface area contributed by atoms with Crippen molar-refractivity contribution in [3.63, 3.8) is 0 Å². The number of benzene rings is 2. The van der Waals surface area contributed by atoms with Gasteiger partial charge in [-0.3, -0.25) is 0 Å². The van der Waals surface area contributed by atoms with Gasteiger partial charge in [0.2, 0.25) is 0 Å². The van der Waals surface area contributed by atoms with Gasteiger partial charge < -0.3 is 15.7 Å². The topological polar surface area (TPSA) is 67.8 Å². The standard InChI is InChI=1S/C13H9ClF2N2O2/c14-10-6-8(2-3-9(10)13(17)18-19)20-12-4-1-7(15)5-11(12)16/h1-6,19H,(H2,17,18). The highest BCUT2D eigenvalue weighted by atomic mass is 35.5. The van der Waals surface area contributed by atoms with Gasteiger partial charge in [-0.2, -0.15) is 0 Å². The second-order valence-corrected chi connectivity index (χ2v) is 4.21. The maximum atomic E-state index is 13.4. The van der Waals surface area contributed by atoms with E-state index >= 15 is 0 Å². The minimum absolute atomic E-state index is 0.140. The summed E-state index contributed by atoms with van der Waals surface area (Å²) in [5.41, 5.74) is 5.72. The lowest BCUT2D eigenvalue weighted by molar-refractivity contribution is 0.318. The van der Waals surface area contributed by atoms with Crippen LogP contribution in [0.3, 0.4) is 0 Å². The van der Waals surface area contributed by atoms with Gasteiger partial charge in [0.1, 0.15) is 11.6 Å². The van der Waals surface area contributed by atoms with Gasteiger partial charge in [0.25, 0.3) is 0 Å². The molecule has 2 aromatic carbocycles. The van der Waals surface area contributed by atoms with Crippen molar-refractivity contribution in [3.8, 4) is 11.5 Å². The Kier molecular flexibility index (Phi) is 4.05. The Bertz CT molecular complexity index is 677. The van der Waals surface area contributed by atoms with E-state index in [2.05, 4.69) is 5.16 Å². The normalized spacial score (nSPS) is 11.4. The SMILES string of the molecule is NC(=NO)c1ccc(Oc2ccc(F)cc2F)cc1Cl. The smallest absolute Gasteiger partial charge is 0.171 e. The number of hydrogen-bond acceptors (Lipinski definition) is 3. The lowest BCUT2D eigenvalue weighted by Crippen LogP contribution is -2.13. The Morgan fingerprint density at radius 3 is 2.55 bits per heavy atom. The number of nitrogens with two attached hydrogens (primary N) is 1. The van der Waals surface area contributed by atoms with Gasteiger partial charge in [0, 0.05) is 17.7 Å². The molecule has 2 rings (SSSR count). The van der Waals surface area contributed by atoms with E-state index in [0.717, 1.165) is 12.1 Å². The summed E-state index contributed by atoms with van der Waals surface area (Å²) in [7, 11) is 0. The predicted octanol–water partition coefficient (Wildman–Crippen LogP) is 3.51. The molecule has 0 radical (unpaired) electrons. The molecule has 0 unspecified atom stereocenters. The number of hydrogen-bond donors (Lipinski definition) is 2. The minimum atomic E-state index is -0.832. The molecule has 0 saturated carbocycles. The highest BCUT2D eigenvalue weighted by Crippen LogP contribution is 2.28. The molecule has 0 aliphatic carbocycles. The van der Waals surface area contributed by atoms with Gasteiger partial charge in [-0.05, 0) is 24.3 Å². The number of rotatable bonds is 3. The maximum Gasteiger partial charge on any atom is 0.171 e. The van der Waals surface area contributed by atoms with E-state index in [1.807, 2.05) is 0 Å². The average molecular weight is 299 g/mol. The van der Waals surface area contributed by atoms with Gasteiger partial charge >= 0.3 is 0 Å². The molecule has 20 heavy (non-hydrogen) atoms. The molecule has 0 amide bonds. The van der Waals surface area contributed by atoms with Crippen molar-refractivity contribution in [1.29, 1.82) is 0 Å². The van der Waals surface area contributed by atoms with E-state index in [0.29, 0.717) is 11.6 Å². The first kappa shape index (κ1) is 14.1. The van der Waals surface area contributed by atoms with Crippen LogP contribution in [-0.2, 0) is 0 Å². The monoisotopic (exact) mass is 298 g/mol. The van der Waals surface area contributed by atoms with E-state index in [1.54, 1.807) is 0 Å². The van der Waals surface area contributed by atoms with E-state index < -0.39 is 11.6 Å². The summed E-state index contributed by atoms with van der Waals surface area (Å²) < 4.78 is 31.4. The van der Waals surface area contributed by atoms with Gasteiger partial charge in [0.05, 0.1) is 5.02 Å². The molecule has 0 spiro atoms. The number of ether oxygens (including phenoxy) is 1. The molecule has 0 atom stereocenters. The van der Waals surface area contributed by atoms with Crippen LogP contribution in [0.4, 0.5) is 8.78 Å². The Labute approximate surface area is 118 Å². The number of halogens is 3. The third-order valence-electron chi connectivity index (χ3n) is 2.45. The summed E-state index contributed by atoms with van der Waals surface area (Å²) in [6.07, 6.45) is 0. The third kappa shape index (κ3) is 2.97. The predicted molar refractivity (Wildman–Crippen MR) is 70.4 cm³/mol. The zero-order valence-corrected chi connectivity index (χ0v) is 10.7. The molecule has 104 valence electrons. The molecule has 0 saturated heterocycles. The van der Waals surface area contributed by atoms with Crippen LogP contribution in [0.2, 0.25) is 5.02 Å². The zero-order chi connectivity index (χ0) is 14.7. The molecule has 0 bridgehead atoms. The third-order valence-corrected chi connectivity index (χ3v) is 2.76. The summed E-state index contributed by atoms with van der Waals surface area (Å²) in [4.78, 5) is 0. The molecular formula is C13H9ClF2N2O2. The summed E-state index contributed by atoms with van der Waals surface area (Å²) in [5.74, 6) is -1.60. The van der Waals surface area contributed by atoms with Crippen LogP contribution in [0.15, 0.2) is 41.6 Å². The van der Waals surface area contributed by atoms with Crippen molar-refractivity contribution in [2.45, 2.75) is 0 Å². The van der Waals surface area contributed by atoms with Crippen LogP contribution < -0.4 is 10.5 Å². The van der Waals surface area contributed by atoms with Crippen molar-refractivity contribution in [1.82, 2.24) is 0 Å². The highest BCUT2D eigenvalue weighted by molar-refractivity contribution is 6.34. The molecule has 0 heterocycles. The van der Waals surface area contributed by atoms with E-state index in [1.165, 1.54) is 18.2 Å². The van der Waals surface area contributed by atoms with Gasteiger partial charge in [-0.25, -0.2) is 8.78 Å². The fraction of sp³-hybridized carbons (Fsp3) is 0. The van der Waals surface area contributed by atoms with Gasteiger partial charge in [0.15, 0.2) is 17.4 Å². The molecule has 7 heteroatoms. The first-order valence-electron chi connectivity index (χ1n) is 5.41. The van der Waals surface area contributed by atoms with Crippen LogP contribution in [0.25, 0.3) is 0 Å². The van der Waals surface area contributed by atoms with Crippen LogP contribution in [0, 0.1) is 11.6 Å². The highest BCUT2D eigenvalue weighted by Gasteiger charge is 2.10. The zero-order valence-electron chi connectivity index (χ0n) is 9.98. The summed E-state index contributed by atoms with van der Waals surface area (Å²) in [5, 5.41) is 11.6. The fourth-order valence-electron chi connectivity index (χ4n) is 1.51. The van der Waals surface area contributed by atoms with Crippen molar-refractivity contribution in [2.24, 2.45) is 10.9 Å². The fourth-order valence-corrected chi connectivity index (χ4v) is 1.77. The Morgan fingerprint density at radius 1 is 1.20 bits per heavy atom. The molecule has 3 N–H and O–H groups in total. The largest absolute Gasteiger partial charge is 0.454 e. The first-order chi connectivity index (χ1) is 9.51.